The van der Waals surface area contributed by atoms with Crippen molar-refractivity contribution < 1.29 is 14.7 Å². The third kappa shape index (κ3) is 3.50. The van der Waals surface area contributed by atoms with Gasteiger partial charge in [-0.2, -0.15) is 0 Å². The van der Waals surface area contributed by atoms with Crippen LogP contribution in [0.1, 0.15) is 59.3 Å². The van der Waals surface area contributed by atoms with Gasteiger partial charge in [0.25, 0.3) is 0 Å². The van der Waals surface area contributed by atoms with Crippen LogP contribution in [0.15, 0.2) is 0 Å². The van der Waals surface area contributed by atoms with E-state index in [1.54, 1.807) is 11.8 Å². The molecule has 0 aromatic rings. The lowest BCUT2D eigenvalue weighted by Crippen LogP contribution is -2.56. The van der Waals surface area contributed by atoms with Crippen LogP contribution >= 0.6 is 0 Å². The summed E-state index contributed by atoms with van der Waals surface area (Å²) >= 11 is 0. The predicted molar refractivity (Wildman–Crippen MR) is 81.1 cm³/mol. The van der Waals surface area contributed by atoms with E-state index in [0.29, 0.717) is 19.5 Å². The molecule has 0 spiro atoms. The number of carbonyl (C=O) groups is 2. The van der Waals surface area contributed by atoms with Crippen molar-refractivity contribution in [3.63, 3.8) is 0 Å². The number of amides is 2. The first-order valence-corrected chi connectivity index (χ1v) is 8.03. The van der Waals surface area contributed by atoms with Crippen LogP contribution in [0.5, 0.6) is 0 Å². The van der Waals surface area contributed by atoms with Gasteiger partial charge in [-0.25, -0.2) is 4.79 Å². The summed E-state index contributed by atoms with van der Waals surface area (Å²) in [5.41, 5.74) is -0.683. The molecule has 2 atom stereocenters. The average Bonchev–Trinajstić information content (AvgIpc) is 2.41. The highest BCUT2D eigenvalue weighted by Gasteiger charge is 2.40. The highest BCUT2D eigenvalue weighted by atomic mass is 16.4. The van der Waals surface area contributed by atoms with Crippen molar-refractivity contribution in [1.82, 2.24) is 10.2 Å². The van der Waals surface area contributed by atoms with Crippen molar-refractivity contribution in [3.05, 3.63) is 0 Å². The molecule has 21 heavy (non-hydrogen) atoms. The maximum atomic E-state index is 12.5. The molecule has 0 radical (unpaired) electrons. The van der Waals surface area contributed by atoms with Crippen molar-refractivity contribution in [1.29, 1.82) is 0 Å². The molecule has 1 saturated carbocycles. The molecule has 0 bridgehead atoms. The zero-order chi connectivity index (χ0) is 15.7. The van der Waals surface area contributed by atoms with E-state index in [9.17, 15) is 14.7 Å². The number of nitrogens with zero attached hydrogens (tertiary/aromatic N) is 1. The largest absolute Gasteiger partial charge is 0.481 e. The number of likely N-dealkylation sites (tertiary alicyclic amines) is 1. The second kappa shape index (κ2) is 5.85. The summed E-state index contributed by atoms with van der Waals surface area (Å²) in [4.78, 5) is 25.5. The Morgan fingerprint density at radius 3 is 2.48 bits per heavy atom. The fourth-order valence-corrected chi connectivity index (χ4v) is 3.59. The normalized spacial score (nSPS) is 32.5. The standard InChI is InChI=1S/C16H28N2O3/c1-15(2)8-5-4-7-12(15)17-14(21)18-10-6-9-16(3,11-18)13(19)20/h12H,4-11H2,1-3H3,(H,17,21)(H,19,20). The Kier molecular flexibility index (Phi) is 4.49. The average molecular weight is 296 g/mol. The first-order chi connectivity index (χ1) is 9.74. The summed E-state index contributed by atoms with van der Waals surface area (Å²) in [5, 5.41) is 12.5. The Balaban J connectivity index is 1.98. The number of carboxylic acids is 1. The third-order valence-electron chi connectivity index (χ3n) is 5.30. The lowest BCUT2D eigenvalue weighted by molar-refractivity contribution is -0.150. The van der Waals surface area contributed by atoms with E-state index >= 15 is 0 Å². The summed E-state index contributed by atoms with van der Waals surface area (Å²) in [5.74, 6) is -0.807. The Labute approximate surface area is 127 Å². The molecule has 2 amide bonds. The fraction of sp³-hybridized carbons (Fsp3) is 0.875. The molecule has 5 nitrogen and oxygen atoms in total. The lowest BCUT2D eigenvalue weighted by Gasteiger charge is -2.42. The highest BCUT2D eigenvalue weighted by Crippen LogP contribution is 2.36. The van der Waals surface area contributed by atoms with E-state index in [0.717, 1.165) is 25.7 Å². The maximum absolute atomic E-state index is 12.5. The van der Waals surface area contributed by atoms with Crippen molar-refractivity contribution in [2.24, 2.45) is 10.8 Å². The van der Waals surface area contributed by atoms with Gasteiger partial charge in [0.15, 0.2) is 0 Å². The Hall–Kier alpha value is -1.26. The van der Waals surface area contributed by atoms with Crippen LogP contribution in [0.25, 0.3) is 0 Å². The smallest absolute Gasteiger partial charge is 0.317 e. The van der Waals surface area contributed by atoms with Crippen LogP contribution in [0.3, 0.4) is 0 Å². The minimum atomic E-state index is -0.808. The van der Waals surface area contributed by atoms with Gasteiger partial charge < -0.3 is 15.3 Å². The first-order valence-electron chi connectivity index (χ1n) is 8.03. The Morgan fingerprint density at radius 2 is 1.86 bits per heavy atom. The number of hydrogen-bond acceptors (Lipinski definition) is 2. The molecule has 0 aromatic carbocycles. The summed E-state index contributed by atoms with van der Waals surface area (Å²) in [6, 6.07) is 0.0962. The number of hydrogen-bond donors (Lipinski definition) is 2. The van der Waals surface area contributed by atoms with Gasteiger partial charge >= 0.3 is 12.0 Å². The van der Waals surface area contributed by atoms with Crippen molar-refractivity contribution >= 4 is 12.0 Å². The zero-order valence-electron chi connectivity index (χ0n) is 13.4. The number of carboxylic acid groups (broad SMARTS) is 1. The molecular formula is C16H28N2O3. The van der Waals surface area contributed by atoms with Gasteiger partial charge in [-0.1, -0.05) is 26.7 Å². The molecule has 1 aliphatic carbocycles. The fourth-order valence-electron chi connectivity index (χ4n) is 3.59. The molecule has 2 unspecified atom stereocenters. The van der Waals surface area contributed by atoms with E-state index < -0.39 is 11.4 Å². The van der Waals surface area contributed by atoms with E-state index in [-0.39, 0.29) is 17.5 Å². The number of urea groups is 1. The summed E-state index contributed by atoms with van der Waals surface area (Å²) in [7, 11) is 0. The van der Waals surface area contributed by atoms with Gasteiger partial charge in [-0.15, -0.1) is 0 Å². The molecule has 2 N–H and O–H groups in total. The van der Waals surface area contributed by atoms with Crippen LogP contribution < -0.4 is 5.32 Å². The molecule has 1 saturated heterocycles. The van der Waals surface area contributed by atoms with Crippen LogP contribution in [-0.4, -0.2) is 41.1 Å². The molecule has 0 aromatic heterocycles. The molecule has 2 aliphatic rings. The van der Waals surface area contributed by atoms with Gasteiger partial charge in [-0.05, 0) is 38.0 Å². The van der Waals surface area contributed by atoms with Gasteiger partial charge in [-0.3, -0.25) is 4.79 Å². The predicted octanol–water partition coefficient (Wildman–Crippen LogP) is 2.85. The molecule has 2 fully saturated rings. The molecule has 1 aliphatic heterocycles. The van der Waals surface area contributed by atoms with Crippen LogP contribution in [0.4, 0.5) is 4.79 Å². The number of aliphatic carboxylic acids is 1. The second-order valence-corrected chi connectivity index (χ2v) is 7.63. The second-order valence-electron chi connectivity index (χ2n) is 7.63. The number of rotatable bonds is 2. The summed E-state index contributed by atoms with van der Waals surface area (Å²) < 4.78 is 0. The van der Waals surface area contributed by atoms with Crippen molar-refractivity contribution in [3.8, 4) is 0 Å². The van der Waals surface area contributed by atoms with Gasteiger partial charge in [0.1, 0.15) is 0 Å². The Bertz CT molecular complexity index is 422. The topological polar surface area (TPSA) is 69.6 Å². The summed E-state index contributed by atoms with van der Waals surface area (Å²) in [6.45, 7) is 7.10. The number of nitrogens with one attached hydrogen (secondary N) is 1. The first kappa shape index (κ1) is 16.1. The van der Waals surface area contributed by atoms with Crippen molar-refractivity contribution in [2.75, 3.05) is 13.1 Å². The molecule has 120 valence electrons. The molecular weight excluding hydrogens is 268 g/mol. The van der Waals surface area contributed by atoms with E-state index in [2.05, 4.69) is 19.2 Å². The van der Waals surface area contributed by atoms with Crippen LogP contribution in [-0.2, 0) is 4.79 Å². The Morgan fingerprint density at radius 1 is 1.14 bits per heavy atom. The highest BCUT2D eigenvalue weighted by molar-refractivity contribution is 5.78. The van der Waals surface area contributed by atoms with E-state index in [4.69, 9.17) is 0 Å². The van der Waals surface area contributed by atoms with Gasteiger partial charge in [0, 0.05) is 19.1 Å². The van der Waals surface area contributed by atoms with E-state index in [1.807, 2.05) is 0 Å². The monoisotopic (exact) mass is 296 g/mol. The van der Waals surface area contributed by atoms with Gasteiger partial charge in [0.2, 0.25) is 0 Å². The third-order valence-corrected chi connectivity index (χ3v) is 5.30. The van der Waals surface area contributed by atoms with E-state index in [1.165, 1.54) is 6.42 Å². The SMILES string of the molecule is CC1(C(=O)O)CCCN(C(=O)NC2CCCCC2(C)C)C1. The lowest BCUT2D eigenvalue weighted by atomic mass is 9.73. The quantitative estimate of drug-likeness (QED) is 0.823. The number of carbonyl (C=O) groups excluding carboxylic acids is 1. The molecule has 5 heteroatoms. The van der Waals surface area contributed by atoms with Gasteiger partial charge in [0.05, 0.1) is 5.41 Å². The van der Waals surface area contributed by atoms with Crippen LogP contribution in [0.2, 0.25) is 0 Å². The zero-order valence-corrected chi connectivity index (χ0v) is 13.4. The molecule has 2 rings (SSSR count). The summed E-state index contributed by atoms with van der Waals surface area (Å²) in [6.07, 6.45) is 5.92. The minimum Gasteiger partial charge on any atom is -0.481 e. The number of piperidine rings is 1. The minimum absolute atomic E-state index is 0.0952. The van der Waals surface area contributed by atoms with Crippen molar-refractivity contribution in [2.45, 2.75) is 65.3 Å². The molecule has 1 heterocycles. The van der Waals surface area contributed by atoms with Crippen LogP contribution in [0, 0.1) is 10.8 Å². The maximum Gasteiger partial charge on any atom is 0.317 e.